The first-order chi connectivity index (χ1) is 18.2. The summed E-state index contributed by atoms with van der Waals surface area (Å²) < 4.78 is 0. The molecule has 4 nitrogen and oxygen atoms in total. The molecular formula is C34H41IrN2O2-. The number of ketones is 1. The molecule has 5 heteroatoms. The van der Waals surface area contributed by atoms with E-state index < -0.39 is 0 Å². The molecule has 0 bridgehead atoms. The van der Waals surface area contributed by atoms with Crippen LogP contribution in [0.5, 0.6) is 0 Å². The Morgan fingerprint density at radius 3 is 2.33 bits per heavy atom. The number of aliphatic hydroxyl groups is 1. The average Bonchev–Trinajstić information content (AvgIpc) is 3.26. The fraction of sp³-hybridized carbons (Fsp3) is 0.441. The first kappa shape index (κ1) is 30.9. The number of carbonyl (C=O) groups excluding carboxylic acids is 1. The molecule has 0 spiro atoms. The number of aliphatic hydroxyl groups excluding tert-OH is 1. The van der Waals surface area contributed by atoms with Gasteiger partial charge in [-0.05, 0) is 49.7 Å². The van der Waals surface area contributed by atoms with Gasteiger partial charge in [0, 0.05) is 61.5 Å². The normalized spacial score (nSPS) is 16.7. The Hall–Kier alpha value is -2.62. The first-order valence-electron chi connectivity index (χ1n) is 14.1. The third-order valence-corrected chi connectivity index (χ3v) is 8.49. The van der Waals surface area contributed by atoms with Gasteiger partial charge in [-0.2, -0.15) is 0 Å². The number of aliphatic imine (C=N–C) groups is 1. The zero-order chi connectivity index (χ0) is 27.6. The van der Waals surface area contributed by atoms with Crippen LogP contribution in [0.3, 0.4) is 0 Å². The van der Waals surface area contributed by atoms with Gasteiger partial charge in [-0.15, -0.1) is 29.1 Å². The van der Waals surface area contributed by atoms with Crippen LogP contribution in [-0.2, 0) is 30.3 Å². The van der Waals surface area contributed by atoms with Gasteiger partial charge in [0.25, 0.3) is 0 Å². The van der Waals surface area contributed by atoms with Gasteiger partial charge in [0.15, 0.2) is 5.78 Å². The van der Waals surface area contributed by atoms with Gasteiger partial charge < -0.3 is 5.11 Å². The van der Waals surface area contributed by atoms with Crippen LogP contribution in [0.15, 0.2) is 59.4 Å². The minimum atomic E-state index is -0.00920. The fourth-order valence-corrected chi connectivity index (χ4v) is 6.19. The molecule has 2 aromatic carbocycles. The Morgan fingerprint density at radius 1 is 1.05 bits per heavy atom. The quantitative estimate of drug-likeness (QED) is 0.152. The Labute approximate surface area is 247 Å². The summed E-state index contributed by atoms with van der Waals surface area (Å²) in [6, 6.07) is 16.4. The minimum Gasteiger partial charge on any atom is -0.512 e. The van der Waals surface area contributed by atoms with E-state index in [0.717, 1.165) is 48.0 Å². The molecule has 5 rings (SSSR count). The maximum atomic E-state index is 11.7. The molecule has 1 atom stereocenters. The number of fused-ring (bicyclic) bond motifs is 3. The molecule has 1 aliphatic heterocycles. The summed E-state index contributed by atoms with van der Waals surface area (Å²) in [6.07, 6.45) is 6.78. The van der Waals surface area contributed by atoms with Crippen LogP contribution in [0.4, 0.5) is 5.69 Å². The molecule has 2 heterocycles. The Kier molecular flexibility index (Phi) is 10.1. The summed E-state index contributed by atoms with van der Waals surface area (Å²) >= 11 is 0. The summed E-state index contributed by atoms with van der Waals surface area (Å²) in [6.45, 7) is 14.9. The standard InChI is InChI=1S/C21H17N2.C13H24O2.Ir/c1-12-19-18-17(23-12)8-9-22-20(18)15-10-13-6-4-5-7-14(13)11-16(15)21(19,2)3;1-5-10(6-2)12(14)9-13(15)11(7-3)8-4;/h4-9,11,19H,1-3H3;9-11,14H,5-8H2,1-4H3;/q-1;;/b;12-9-;. The van der Waals surface area contributed by atoms with E-state index >= 15 is 0 Å². The van der Waals surface area contributed by atoms with Gasteiger partial charge in [-0.25, -0.2) is 0 Å². The number of hydrogen-bond acceptors (Lipinski definition) is 4. The summed E-state index contributed by atoms with van der Waals surface area (Å²) in [5.74, 6) is 0.856. The second-order valence-corrected chi connectivity index (χ2v) is 11.1. The van der Waals surface area contributed by atoms with Gasteiger partial charge in [0.1, 0.15) is 0 Å². The average molecular weight is 702 g/mol. The number of rotatable bonds is 7. The Balaban J connectivity index is 0.000000233. The predicted molar refractivity (Wildman–Crippen MR) is 158 cm³/mol. The van der Waals surface area contributed by atoms with Crippen LogP contribution < -0.4 is 0 Å². The molecule has 39 heavy (non-hydrogen) atoms. The van der Waals surface area contributed by atoms with E-state index in [9.17, 15) is 9.90 Å². The molecule has 0 fully saturated rings. The van der Waals surface area contributed by atoms with E-state index in [4.69, 9.17) is 9.98 Å². The molecule has 3 aromatic rings. The molecule has 0 saturated carbocycles. The number of aromatic nitrogens is 1. The van der Waals surface area contributed by atoms with Crippen molar-refractivity contribution in [2.24, 2.45) is 16.8 Å². The Bertz CT molecular complexity index is 1400. The van der Waals surface area contributed by atoms with Gasteiger partial charge in [0.05, 0.1) is 11.4 Å². The second kappa shape index (κ2) is 12.7. The number of pyridine rings is 1. The van der Waals surface area contributed by atoms with Gasteiger partial charge in [-0.3, -0.25) is 14.8 Å². The van der Waals surface area contributed by atoms with Crippen LogP contribution in [0, 0.1) is 17.9 Å². The molecule has 1 aliphatic carbocycles. The Morgan fingerprint density at radius 2 is 1.69 bits per heavy atom. The topological polar surface area (TPSA) is 62.5 Å². The SMILES string of the molecule is CC1=Nc2ccnc3c2C1C(C)(C)c1cc2ccccc2[c-]c1-3.CCC(CC)C(=O)/C=C(\O)C(CC)CC.[Ir]. The van der Waals surface area contributed by atoms with E-state index in [1.807, 2.05) is 40.0 Å². The monoisotopic (exact) mass is 702 g/mol. The number of nitrogens with zero attached hydrogens (tertiary/aromatic N) is 2. The summed E-state index contributed by atoms with van der Waals surface area (Å²) in [4.78, 5) is 21.2. The van der Waals surface area contributed by atoms with Crippen molar-refractivity contribution in [2.75, 3.05) is 0 Å². The molecule has 1 radical (unpaired) electrons. The number of allylic oxidation sites excluding steroid dienone is 2. The second-order valence-electron chi connectivity index (χ2n) is 11.1. The van der Waals surface area contributed by atoms with E-state index in [1.54, 1.807) is 0 Å². The van der Waals surface area contributed by atoms with Crippen LogP contribution in [0.25, 0.3) is 22.0 Å². The van der Waals surface area contributed by atoms with E-state index in [1.165, 1.54) is 28.3 Å². The van der Waals surface area contributed by atoms with Crippen LogP contribution in [0.1, 0.15) is 91.2 Å². The smallest absolute Gasteiger partial charge is 0.162 e. The van der Waals surface area contributed by atoms with E-state index in [0.29, 0.717) is 5.92 Å². The van der Waals surface area contributed by atoms with Crippen LogP contribution in [0.2, 0.25) is 0 Å². The summed E-state index contributed by atoms with van der Waals surface area (Å²) in [5.41, 5.74) is 7.09. The maximum absolute atomic E-state index is 11.7. The number of benzene rings is 2. The van der Waals surface area contributed by atoms with Crippen molar-refractivity contribution >= 4 is 28.0 Å². The van der Waals surface area contributed by atoms with Crippen molar-refractivity contribution in [1.82, 2.24) is 4.98 Å². The van der Waals surface area contributed by atoms with E-state index in [2.05, 4.69) is 57.2 Å². The third kappa shape index (κ3) is 5.81. The molecule has 209 valence electrons. The predicted octanol–water partition coefficient (Wildman–Crippen LogP) is 9.05. The number of hydrogen-bond donors (Lipinski definition) is 1. The molecule has 0 amide bonds. The van der Waals surface area contributed by atoms with Gasteiger partial charge in [0.2, 0.25) is 0 Å². The molecule has 2 aliphatic rings. The molecule has 1 unspecified atom stereocenters. The first-order valence-corrected chi connectivity index (χ1v) is 14.1. The molecule has 1 aromatic heterocycles. The summed E-state index contributed by atoms with van der Waals surface area (Å²) in [7, 11) is 0. The van der Waals surface area contributed by atoms with Crippen molar-refractivity contribution in [3.05, 3.63) is 71.6 Å². The van der Waals surface area contributed by atoms with Crippen molar-refractivity contribution in [2.45, 2.75) is 85.5 Å². The van der Waals surface area contributed by atoms with Crippen LogP contribution >= 0.6 is 0 Å². The van der Waals surface area contributed by atoms with Gasteiger partial charge >= 0.3 is 0 Å². The number of carbonyl (C=O) groups is 1. The van der Waals surface area contributed by atoms with Crippen molar-refractivity contribution in [3.63, 3.8) is 0 Å². The van der Waals surface area contributed by atoms with Crippen LogP contribution in [-0.4, -0.2) is 21.6 Å². The molecule has 0 saturated heterocycles. The summed E-state index contributed by atoms with van der Waals surface area (Å²) in [5, 5.41) is 12.2. The molecular weight excluding hydrogens is 661 g/mol. The van der Waals surface area contributed by atoms with Gasteiger partial charge in [-0.1, -0.05) is 70.7 Å². The minimum absolute atomic E-state index is 0. The largest absolute Gasteiger partial charge is 0.512 e. The van der Waals surface area contributed by atoms with Crippen molar-refractivity contribution in [3.8, 4) is 11.3 Å². The fourth-order valence-electron chi connectivity index (χ4n) is 6.19. The van der Waals surface area contributed by atoms with E-state index in [-0.39, 0.29) is 48.9 Å². The maximum Gasteiger partial charge on any atom is 0.162 e. The molecule has 1 N–H and O–H groups in total. The van der Waals surface area contributed by atoms with Crippen molar-refractivity contribution in [1.29, 1.82) is 0 Å². The zero-order valence-corrected chi connectivity index (χ0v) is 26.7. The third-order valence-electron chi connectivity index (χ3n) is 8.49. The van der Waals surface area contributed by atoms with Crippen molar-refractivity contribution < 1.29 is 30.0 Å². The zero-order valence-electron chi connectivity index (χ0n) is 24.3.